The number of thiophene rings is 2. The van der Waals surface area contributed by atoms with Gasteiger partial charge in [0.1, 0.15) is 6.10 Å². The molecule has 2 aromatic heterocycles. The second-order valence-electron chi connectivity index (χ2n) is 3.72. The van der Waals surface area contributed by atoms with E-state index in [2.05, 4.69) is 6.07 Å². The van der Waals surface area contributed by atoms with Crippen molar-refractivity contribution in [1.29, 1.82) is 0 Å². The number of aliphatic hydroxyl groups excluding tert-OH is 1. The number of halogens is 1. The Bertz CT molecular complexity index is 656. The highest BCUT2D eigenvalue weighted by Crippen LogP contribution is 2.38. The first kappa shape index (κ1) is 11.2. The Labute approximate surface area is 112 Å². The largest absolute Gasteiger partial charge is 0.383 e. The Morgan fingerprint density at radius 2 is 1.94 bits per heavy atom. The second kappa shape index (κ2) is 4.42. The Balaban J connectivity index is 2.13. The van der Waals surface area contributed by atoms with Crippen molar-refractivity contribution in [2.45, 2.75) is 6.10 Å². The maximum absolute atomic E-state index is 10.4. The van der Waals surface area contributed by atoms with Crippen LogP contribution < -0.4 is 0 Å². The van der Waals surface area contributed by atoms with E-state index in [9.17, 15) is 5.11 Å². The lowest BCUT2D eigenvalue weighted by atomic mass is 10.1. The average molecular weight is 281 g/mol. The van der Waals surface area contributed by atoms with E-state index in [1.54, 1.807) is 11.3 Å². The van der Waals surface area contributed by atoms with Gasteiger partial charge in [-0.2, -0.15) is 0 Å². The van der Waals surface area contributed by atoms with Crippen LogP contribution in [0.3, 0.4) is 0 Å². The molecule has 0 fully saturated rings. The van der Waals surface area contributed by atoms with Crippen molar-refractivity contribution in [2.75, 3.05) is 0 Å². The molecule has 4 heteroatoms. The fraction of sp³-hybridized carbons (Fsp3) is 0.0769. The van der Waals surface area contributed by atoms with Crippen LogP contribution in [0, 0.1) is 0 Å². The van der Waals surface area contributed by atoms with Crippen LogP contribution in [0.15, 0.2) is 41.1 Å². The number of fused-ring (bicyclic) bond motifs is 1. The van der Waals surface area contributed by atoms with Gasteiger partial charge in [0.25, 0.3) is 0 Å². The number of hydrogen-bond acceptors (Lipinski definition) is 3. The molecular weight excluding hydrogens is 272 g/mol. The highest BCUT2D eigenvalue weighted by atomic mass is 35.5. The molecule has 0 radical (unpaired) electrons. The van der Waals surface area contributed by atoms with Gasteiger partial charge in [-0.05, 0) is 28.3 Å². The van der Waals surface area contributed by atoms with Crippen LogP contribution in [0.1, 0.15) is 16.5 Å². The normalized spacial score (nSPS) is 13.1. The molecule has 17 heavy (non-hydrogen) atoms. The monoisotopic (exact) mass is 280 g/mol. The minimum atomic E-state index is -0.626. The molecule has 0 aliphatic rings. The van der Waals surface area contributed by atoms with Gasteiger partial charge >= 0.3 is 0 Å². The lowest BCUT2D eigenvalue weighted by Crippen LogP contribution is -1.96. The quantitative estimate of drug-likeness (QED) is 0.721. The van der Waals surface area contributed by atoms with Crippen molar-refractivity contribution in [2.24, 2.45) is 0 Å². The van der Waals surface area contributed by atoms with Gasteiger partial charge in [0.2, 0.25) is 0 Å². The molecule has 0 spiro atoms. The summed E-state index contributed by atoms with van der Waals surface area (Å²) in [6.45, 7) is 0. The summed E-state index contributed by atoms with van der Waals surface area (Å²) in [5, 5.41) is 16.0. The SMILES string of the molecule is OC(c1sccc1Cl)c1csc2ccccc12. The maximum atomic E-state index is 10.4. The molecular formula is C13H9ClOS2. The highest BCUT2D eigenvalue weighted by Gasteiger charge is 2.18. The topological polar surface area (TPSA) is 20.2 Å². The lowest BCUT2D eigenvalue weighted by Gasteiger charge is -2.08. The third-order valence-electron chi connectivity index (χ3n) is 2.70. The first-order valence-corrected chi connectivity index (χ1v) is 7.28. The van der Waals surface area contributed by atoms with Crippen LogP contribution in [0.4, 0.5) is 0 Å². The van der Waals surface area contributed by atoms with Crippen LogP contribution in [0.5, 0.6) is 0 Å². The average Bonchev–Trinajstić information content (AvgIpc) is 2.94. The van der Waals surface area contributed by atoms with Crippen molar-refractivity contribution in [3.63, 3.8) is 0 Å². The number of benzene rings is 1. The molecule has 0 amide bonds. The van der Waals surface area contributed by atoms with Gasteiger partial charge in [-0.25, -0.2) is 0 Å². The molecule has 0 saturated carbocycles. The van der Waals surface area contributed by atoms with Crippen molar-refractivity contribution in [1.82, 2.24) is 0 Å². The van der Waals surface area contributed by atoms with Gasteiger partial charge < -0.3 is 5.11 Å². The van der Waals surface area contributed by atoms with Crippen molar-refractivity contribution >= 4 is 44.4 Å². The second-order valence-corrected chi connectivity index (χ2v) is 5.99. The molecule has 1 atom stereocenters. The molecule has 1 nitrogen and oxygen atoms in total. The van der Waals surface area contributed by atoms with Crippen LogP contribution in [0.2, 0.25) is 5.02 Å². The highest BCUT2D eigenvalue weighted by molar-refractivity contribution is 7.17. The summed E-state index contributed by atoms with van der Waals surface area (Å²) in [6, 6.07) is 9.91. The minimum absolute atomic E-state index is 0.626. The summed E-state index contributed by atoms with van der Waals surface area (Å²) < 4.78 is 1.19. The van der Waals surface area contributed by atoms with Crippen LogP contribution in [-0.2, 0) is 0 Å². The molecule has 0 saturated heterocycles. The standard InChI is InChI=1S/C13H9ClOS2/c14-10-5-6-16-13(10)12(15)9-7-17-11-4-2-1-3-8(9)11/h1-7,12,15H. The van der Waals surface area contributed by atoms with Crippen LogP contribution in [0.25, 0.3) is 10.1 Å². The Morgan fingerprint density at radius 1 is 1.12 bits per heavy atom. The zero-order chi connectivity index (χ0) is 11.8. The van der Waals surface area contributed by atoms with Crippen LogP contribution >= 0.6 is 34.3 Å². The first-order valence-electron chi connectivity index (χ1n) is 5.14. The molecule has 3 rings (SSSR count). The molecule has 3 aromatic rings. The van der Waals surface area contributed by atoms with E-state index in [1.807, 2.05) is 35.0 Å². The van der Waals surface area contributed by atoms with E-state index in [0.717, 1.165) is 15.8 Å². The number of rotatable bonds is 2. The third kappa shape index (κ3) is 1.89. The zero-order valence-corrected chi connectivity index (χ0v) is 11.1. The summed E-state index contributed by atoms with van der Waals surface area (Å²) in [7, 11) is 0. The van der Waals surface area contributed by atoms with Crippen molar-refractivity contribution in [3.8, 4) is 0 Å². The summed E-state index contributed by atoms with van der Waals surface area (Å²) in [5.41, 5.74) is 0.940. The van der Waals surface area contributed by atoms with E-state index in [0.29, 0.717) is 5.02 Å². The molecule has 86 valence electrons. The molecule has 2 heterocycles. The van der Waals surface area contributed by atoms with Crippen molar-refractivity contribution in [3.05, 3.63) is 56.6 Å². The molecule has 1 N–H and O–H groups in total. The predicted molar refractivity (Wildman–Crippen MR) is 75.2 cm³/mol. The van der Waals surface area contributed by atoms with Gasteiger partial charge in [0, 0.05) is 10.3 Å². The molecule has 0 aliphatic carbocycles. The third-order valence-corrected chi connectivity index (χ3v) is 5.09. The minimum Gasteiger partial charge on any atom is -0.383 e. The predicted octanol–water partition coefficient (Wildman–Crippen LogP) is 4.70. The van der Waals surface area contributed by atoms with E-state index in [-0.39, 0.29) is 0 Å². The van der Waals surface area contributed by atoms with Gasteiger partial charge in [0.15, 0.2) is 0 Å². The molecule has 1 unspecified atom stereocenters. The van der Waals surface area contributed by atoms with Gasteiger partial charge in [-0.3, -0.25) is 0 Å². The maximum Gasteiger partial charge on any atom is 0.116 e. The Morgan fingerprint density at radius 3 is 2.71 bits per heavy atom. The lowest BCUT2D eigenvalue weighted by molar-refractivity contribution is 0.226. The molecule has 0 aliphatic heterocycles. The molecule has 1 aromatic carbocycles. The van der Waals surface area contributed by atoms with E-state index >= 15 is 0 Å². The summed E-state index contributed by atoms with van der Waals surface area (Å²) in [4.78, 5) is 0.815. The smallest absolute Gasteiger partial charge is 0.116 e. The van der Waals surface area contributed by atoms with Gasteiger partial charge in [-0.15, -0.1) is 22.7 Å². The summed E-state index contributed by atoms with van der Waals surface area (Å²) in [6.07, 6.45) is -0.626. The van der Waals surface area contributed by atoms with Crippen molar-refractivity contribution < 1.29 is 5.11 Å². The molecule has 0 bridgehead atoms. The van der Waals surface area contributed by atoms with Crippen LogP contribution in [-0.4, -0.2) is 5.11 Å². The number of hydrogen-bond donors (Lipinski definition) is 1. The summed E-state index contributed by atoms with van der Waals surface area (Å²) >= 11 is 9.19. The Kier molecular flexibility index (Phi) is 2.92. The first-order chi connectivity index (χ1) is 8.27. The zero-order valence-electron chi connectivity index (χ0n) is 8.76. The van der Waals surface area contributed by atoms with E-state index in [4.69, 9.17) is 11.6 Å². The number of aliphatic hydroxyl groups is 1. The summed E-state index contributed by atoms with van der Waals surface area (Å²) in [5.74, 6) is 0. The fourth-order valence-electron chi connectivity index (χ4n) is 1.85. The van der Waals surface area contributed by atoms with E-state index in [1.165, 1.54) is 16.0 Å². The Hall–Kier alpha value is -0.870. The van der Waals surface area contributed by atoms with Gasteiger partial charge in [0.05, 0.1) is 9.90 Å². The fourth-order valence-corrected chi connectivity index (χ4v) is 3.99. The van der Waals surface area contributed by atoms with E-state index < -0.39 is 6.10 Å². The van der Waals surface area contributed by atoms with Gasteiger partial charge in [-0.1, -0.05) is 29.8 Å².